The van der Waals surface area contributed by atoms with Crippen molar-refractivity contribution in [1.29, 1.82) is 0 Å². The minimum absolute atomic E-state index is 0.00245. The second kappa shape index (κ2) is 17.2. The summed E-state index contributed by atoms with van der Waals surface area (Å²) < 4.78 is 104. The van der Waals surface area contributed by atoms with E-state index in [0.717, 1.165) is 24.3 Å². The lowest BCUT2D eigenvalue weighted by atomic mass is 9.97. The maximum absolute atomic E-state index is 16.9. The Balaban J connectivity index is 1.26. The zero-order chi connectivity index (χ0) is 43.1. The number of carbonyl (C=O) groups is 1. The van der Waals surface area contributed by atoms with Gasteiger partial charge >= 0.3 is 20.4 Å². The van der Waals surface area contributed by atoms with Crippen LogP contribution in [0.4, 0.5) is 20.5 Å². The van der Waals surface area contributed by atoms with Crippen LogP contribution in [0, 0.1) is 5.41 Å². The van der Waals surface area contributed by atoms with Gasteiger partial charge in [-0.25, -0.2) is 33.3 Å². The number of nitrogens with zero attached hydrogens (tertiary/aromatic N) is 7. The number of hydrogen-bond acceptors (Lipinski definition) is 19. The van der Waals surface area contributed by atoms with Crippen LogP contribution in [-0.4, -0.2) is 107 Å². The molecule has 22 nitrogen and oxygen atoms in total. The Morgan fingerprint density at radius 1 is 1.00 bits per heavy atom. The Bertz CT molecular complexity index is 2520. The highest BCUT2D eigenvalue weighted by atomic mass is 32.7. The summed E-state index contributed by atoms with van der Waals surface area (Å²) in [5.41, 5.74) is 10.3. The highest BCUT2D eigenvalue weighted by Crippen LogP contribution is 2.65. The molecule has 0 bridgehead atoms. The maximum Gasteiger partial charge on any atom is 0.391 e. The van der Waals surface area contributed by atoms with Gasteiger partial charge in [0.05, 0.1) is 31.3 Å². The van der Waals surface area contributed by atoms with E-state index in [9.17, 15) is 19.0 Å². The van der Waals surface area contributed by atoms with E-state index >= 15 is 13.3 Å². The van der Waals surface area contributed by atoms with Gasteiger partial charge in [0.1, 0.15) is 42.3 Å². The Hall–Kier alpha value is -4.42. The molecule has 0 aliphatic carbocycles. The van der Waals surface area contributed by atoms with Crippen LogP contribution < -0.4 is 21.8 Å². The third-order valence-corrected chi connectivity index (χ3v) is 13.9. The summed E-state index contributed by atoms with van der Waals surface area (Å²) in [7, 11) is -3.70. The number of carbonyl (C=O) groups excluding carboxylic acids is 1. The number of nitrogen functional groups attached to an aromatic ring is 2. The SMILES string of the molecule is CO[C@@H]1COP(=O)(O)CO[C@H]2[C@@H](F)[C@H](n3cnc4c(N)ncnc43)O[C@@H]2COP(=O)(SCc2ccc(OC(=O)C(C)(C)C)cc2)O[C@@H](n2cnc3c(=O)[nH]c(N)nc32)[C@@H]1F. The second-order valence-electron chi connectivity index (χ2n) is 14.6. The Labute approximate surface area is 342 Å². The van der Waals surface area contributed by atoms with E-state index in [-0.39, 0.29) is 45.6 Å². The average Bonchev–Trinajstić information content (AvgIpc) is 3.90. The van der Waals surface area contributed by atoms with Gasteiger partial charge in [0.25, 0.3) is 5.56 Å². The van der Waals surface area contributed by atoms with Gasteiger partial charge in [-0.2, -0.15) is 4.98 Å². The van der Waals surface area contributed by atoms with Gasteiger partial charge in [0, 0.05) is 12.9 Å². The number of esters is 1. The van der Waals surface area contributed by atoms with Gasteiger partial charge in [-0.05, 0) is 49.8 Å². The van der Waals surface area contributed by atoms with Crippen LogP contribution in [0.1, 0.15) is 38.8 Å². The maximum atomic E-state index is 16.9. The largest absolute Gasteiger partial charge is 0.426 e. The summed E-state index contributed by atoms with van der Waals surface area (Å²) in [6.45, 7) is -1.29. The lowest BCUT2D eigenvalue weighted by Gasteiger charge is -2.32. The molecular weight excluding hydrogens is 860 g/mol. The Morgan fingerprint density at radius 3 is 2.40 bits per heavy atom. The van der Waals surface area contributed by atoms with Crippen molar-refractivity contribution in [2.45, 2.75) is 69.6 Å². The van der Waals surface area contributed by atoms with Crippen molar-refractivity contribution in [2.75, 3.05) is 38.1 Å². The monoisotopic (exact) mass is 900 g/mol. The number of halogens is 2. The molecule has 2 fully saturated rings. The predicted molar refractivity (Wildman–Crippen MR) is 209 cm³/mol. The number of methoxy groups -OCH3 is 1. The molecule has 60 heavy (non-hydrogen) atoms. The summed E-state index contributed by atoms with van der Waals surface area (Å²) in [5, 5.41) is 0. The zero-order valence-corrected chi connectivity index (χ0v) is 34.8. The number of fused-ring (bicyclic) bond motifs is 3. The summed E-state index contributed by atoms with van der Waals surface area (Å²) in [6.07, 6.45) is -10.7. The van der Waals surface area contributed by atoms with E-state index in [1.807, 2.05) is 0 Å². The standard InChI is InChI=1S/C33H40F2N10O12P2S/c1-33(2,3)31(47)55-17-7-5-16(6-8-17)11-60-59(50)54-10-19-24(21(35)29(56-19)44-13-40-22-25(36)38-12-39-26(22)44)52-15-58(48,49)53-9-18(51-4)20(34)30(57-59)45-14-41-23-27(45)42-32(37)43-28(23)46/h5-8,12-14,18-21,24,29-30H,9-11,15H2,1-4H3,(H,48,49)(H2,36,38,39)(H3,37,42,43,46)/t18-,19-,20-,21-,24-,29-,30-,59?/m1/s1. The molecule has 0 saturated carbocycles. The number of alkyl halides is 2. The summed E-state index contributed by atoms with van der Waals surface area (Å²) in [5.74, 6) is -0.709. The molecule has 9 atom stereocenters. The van der Waals surface area contributed by atoms with Crippen molar-refractivity contribution in [2.24, 2.45) is 5.41 Å². The van der Waals surface area contributed by atoms with E-state index in [0.29, 0.717) is 16.9 Å². The van der Waals surface area contributed by atoms with Crippen LogP contribution >= 0.6 is 25.8 Å². The number of nitrogens with one attached hydrogen (secondary N) is 1. The number of H-pyrrole nitrogens is 1. The minimum Gasteiger partial charge on any atom is -0.426 e. The molecule has 6 heterocycles. The van der Waals surface area contributed by atoms with Crippen LogP contribution in [0.25, 0.3) is 22.3 Å². The van der Waals surface area contributed by atoms with Gasteiger partial charge in [-0.3, -0.25) is 37.3 Å². The molecule has 2 aliphatic heterocycles. The molecule has 324 valence electrons. The van der Waals surface area contributed by atoms with Crippen molar-refractivity contribution < 1.29 is 60.1 Å². The average molecular weight is 901 g/mol. The van der Waals surface area contributed by atoms with E-state index in [1.165, 1.54) is 23.0 Å². The fourth-order valence-electron chi connectivity index (χ4n) is 6.04. The van der Waals surface area contributed by atoms with Crippen molar-refractivity contribution in [1.82, 2.24) is 39.0 Å². The number of aromatic amines is 1. The molecule has 2 unspecified atom stereocenters. The summed E-state index contributed by atoms with van der Waals surface area (Å²) in [6, 6.07) is 6.22. The van der Waals surface area contributed by atoms with Crippen LogP contribution in [0.3, 0.4) is 0 Å². The predicted octanol–water partition coefficient (Wildman–Crippen LogP) is 3.80. The van der Waals surface area contributed by atoms with Crippen molar-refractivity contribution in [3.8, 4) is 5.75 Å². The number of benzene rings is 1. The number of ether oxygens (including phenoxy) is 4. The topological polar surface area (TPSA) is 295 Å². The molecule has 0 radical (unpaired) electrons. The highest BCUT2D eigenvalue weighted by molar-refractivity contribution is 8.54. The van der Waals surface area contributed by atoms with Crippen LogP contribution in [0.5, 0.6) is 5.75 Å². The number of aromatic nitrogens is 8. The number of imidazole rings is 2. The number of anilines is 2. The lowest BCUT2D eigenvalue weighted by Crippen LogP contribution is -2.38. The van der Waals surface area contributed by atoms with Crippen molar-refractivity contribution >= 4 is 65.8 Å². The first kappa shape index (κ1) is 43.7. The molecule has 0 amide bonds. The van der Waals surface area contributed by atoms with Gasteiger partial charge in [-0.1, -0.05) is 12.1 Å². The zero-order valence-electron chi connectivity index (χ0n) is 32.2. The lowest BCUT2D eigenvalue weighted by molar-refractivity contribution is -0.143. The molecule has 5 aromatic rings. The van der Waals surface area contributed by atoms with Crippen molar-refractivity contribution in [3.63, 3.8) is 0 Å². The fraction of sp³-hybridized carbons (Fsp3) is 0.485. The molecular formula is C33H40F2N10O12P2S. The minimum atomic E-state index is -4.77. The van der Waals surface area contributed by atoms with Gasteiger partial charge in [0.15, 0.2) is 47.4 Å². The normalized spacial score (nSPS) is 29.6. The second-order valence-corrected chi connectivity index (χ2v) is 20.4. The molecule has 2 aliphatic rings. The van der Waals surface area contributed by atoms with E-state index in [4.69, 9.17) is 44.0 Å². The molecule has 4 aromatic heterocycles. The van der Waals surface area contributed by atoms with E-state index < -0.39 is 94.0 Å². The number of rotatable bonds is 7. The van der Waals surface area contributed by atoms with Gasteiger partial charge in [-0.15, -0.1) is 0 Å². The first-order valence-electron chi connectivity index (χ1n) is 17.9. The molecule has 0 spiro atoms. The Kier molecular flexibility index (Phi) is 12.5. The Morgan fingerprint density at radius 2 is 1.70 bits per heavy atom. The van der Waals surface area contributed by atoms with Gasteiger partial charge < -0.3 is 39.8 Å². The van der Waals surface area contributed by atoms with Crippen molar-refractivity contribution in [3.05, 3.63) is 59.2 Å². The third kappa shape index (κ3) is 9.25. The van der Waals surface area contributed by atoms with Crippen LogP contribution in [0.2, 0.25) is 0 Å². The fourth-order valence-corrected chi connectivity index (χ4v) is 10.1. The molecule has 1 aromatic carbocycles. The quantitative estimate of drug-likeness (QED) is 0.103. The molecule has 6 N–H and O–H groups in total. The van der Waals surface area contributed by atoms with Crippen LogP contribution in [-0.2, 0) is 47.5 Å². The first-order valence-corrected chi connectivity index (χ1v) is 22.8. The third-order valence-electron chi connectivity index (χ3n) is 9.22. The smallest absolute Gasteiger partial charge is 0.391 e. The van der Waals surface area contributed by atoms with E-state index in [1.54, 1.807) is 32.9 Å². The first-order chi connectivity index (χ1) is 28.4. The number of hydrogen-bond donors (Lipinski definition) is 4. The molecule has 2 saturated heterocycles. The van der Waals surface area contributed by atoms with E-state index in [2.05, 4.69) is 29.9 Å². The molecule has 7 rings (SSSR count). The highest BCUT2D eigenvalue weighted by Gasteiger charge is 2.50. The summed E-state index contributed by atoms with van der Waals surface area (Å²) in [4.78, 5) is 58.4. The van der Waals surface area contributed by atoms with Crippen LogP contribution in [0.15, 0.2) is 48.0 Å². The number of nitrogens with two attached hydrogens (primary N) is 2. The molecule has 27 heteroatoms. The van der Waals surface area contributed by atoms with Gasteiger partial charge in [0.2, 0.25) is 5.95 Å². The summed E-state index contributed by atoms with van der Waals surface area (Å²) >= 11 is 0.594.